The molecule has 1 fully saturated rings. The third-order valence-corrected chi connectivity index (χ3v) is 3.81. The van der Waals surface area contributed by atoms with E-state index < -0.39 is 0 Å². The van der Waals surface area contributed by atoms with E-state index in [0.717, 1.165) is 0 Å². The van der Waals surface area contributed by atoms with Crippen LogP contribution in [0, 0.1) is 0 Å². The van der Waals surface area contributed by atoms with E-state index in [-0.39, 0.29) is 0 Å². The molecule has 2 atom stereocenters. The molecular formula is C11H23NOS. The Bertz CT molecular complexity index is 143. The van der Waals surface area contributed by atoms with Crippen LogP contribution in [0.5, 0.6) is 0 Å². The maximum atomic E-state index is 5.34. The molecule has 1 aliphatic rings. The summed E-state index contributed by atoms with van der Waals surface area (Å²) in [6.07, 6.45) is 5.54. The highest BCUT2D eigenvalue weighted by Gasteiger charge is 2.23. The standard InChI is InChI=1S/C11H23NOS/c1-3-14-8-4-7-12-10-5-6-11(9-10)13-2/h10-12H,3-9H2,1-2H3. The number of thioether (sulfide) groups is 1. The summed E-state index contributed by atoms with van der Waals surface area (Å²) in [5.74, 6) is 2.54. The predicted molar refractivity (Wildman–Crippen MR) is 64.1 cm³/mol. The first kappa shape index (κ1) is 12.3. The van der Waals surface area contributed by atoms with Crippen molar-refractivity contribution in [3.8, 4) is 0 Å². The van der Waals surface area contributed by atoms with Gasteiger partial charge in [-0.1, -0.05) is 6.92 Å². The summed E-state index contributed by atoms with van der Waals surface area (Å²) in [4.78, 5) is 0. The Morgan fingerprint density at radius 1 is 1.43 bits per heavy atom. The summed E-state index contributed by atoms with van der Waals surface area (Å²) in [5, 5.41) is 3.61. The molecular weight excluding hydrogens is 194 g/mol. The molecule has 0 bridgehead atoms. The molecule has 14 heavy (non-hydrogen) atoms. The van der Waals surface area contributed by atoms with Gasteiger partial charge in [-0.25, -0.2) is 0 Å². The van der Waals surface area contributed by atoms with Crippen LogP contribution in [-0.4, -0.2) is 37.3 Å². The van der Waals surface area contributed by atoms with Gasteiger partial charge in [0, 0.05) is 13.2 Å². The minimum absolute atomic E-state index is 0.512. The van der Waals surface area contributed by atoms with Crippen molar-refractivity contribution in [2.75, 3.05) is 25.2 Å². The van der Waals surface area contributed by atoms with Crippen molar-refractivity contribution in [2.24, 2.45) is 0 Å². The van der Waals surface area contributed by atoms with Gasteiger partial charge in [-0.2, -0.15) is 11.8 Å². The summed E-state index contributed by atoms with van der Waals surface area (Å²) in [6, 6.07) is 0.714. The van der Waals surface area contributed by atoms with Gasteiger partial charge in [-0.15, -0.1) is 0 Å². The van der Waals surface area contributed by atoms with Gasteiger partial charge < -0.3 is 10.1 Å². The van der Waals surface area contributed by atoms with Crippen LogP contribution in [0.3, 0.4) is 0 Å². The van der Waals surface area contributed by atoms with Crippen LogP contribution >= 0.6 is 11.8 Å². The fraction of sp³-hybridized carbons (Fsp3) is 1.00. The summed E-state index contributed by atoms with van der Waals surface area (Å²) in [7, 11) is 1.82. The molecule has 1 saturated carbocycles. The number of nitrogens with one attached hydrogen (secondary N) is 1. The molecule has 0 aromatic heterocycles. The van der Waals surface area contributed by atoms with Gasteiger partial charge in [0.15, 0.2) is 0 Å². The minimum atomic E-state index is 0.512. The molecule has 1 aliphatic carbocycles. The summed E-state index contributed by atoms with van der Waals surface area (Å²) in [6.45, 7) is 3.40. The van der Waals surface area contributed by atoms with Crippen LogP contribution in [-0.2, 0) is 4.74 Å². The number of hydrogen-bond acceptors (Lipinski definition) is 3. The number of rotatable bonds is 7. The third kappa shape index (κ3) is 4.67. The van der Waals surface area contributed by atoms with Gasteiger partial charge in [0.25, 0.3) is 0 Å². The van der Waals surface area contributed by atoms with E-state index in [1.165, 1.54) is 43.7 Å². The second-order valence-corrected chi connectivity index (χ2v) is 5.27. The molecule has 0 amide bonds. The Hall–Kier alpha value is 0.270. The molecule has 1 N–H and O–H groups in total. The average molecular weight is 217 g/mol. The van der Waals surface area contributed by atoms with Crippen LogP contribution in [0.2, 0.25) is 0 Å². The molecule has 0 saturated heterocycles. The van der Waals surface area contributed by atoms with Crippen LogP contribution in [0.1, 0.15) is 32.6 Å². The lowest BCUT2D eigenvalue weighted by atomic mass is 10.2. The molecule has 0 spiro atoms. The summed E-state index contributed by atoms with van der Waals surface area (Å²) < 4.78 is 5.34. The Kier molecular flexibility index (Phi) is 6.65. The third-order valence-electron chi connectivity index (χ3n) is 2.82. The van der Waals surface area contributed by atoms with Crippen LogP contribution in [0.4, 0.5) is 0 Å². The lowest BCUT2D eigenvalue weighted by Gasteiger charge is -2.12. The first-order chi connectivity index (χ1) is 6.86. The highest BCUT2D eigenvalue weighted by molar-refractivity contribution is 7.99. The van der Waals surface area contributed by atoms with Crippen molar-refractivity contribution in [1.82, 2.24) is 5.32 Å². The van der Waals surface area contributed by atoms with Crippen molar-refractivity contribution < 1.29 is 4.74 Å². The summed E-state index contributed by atoms with van der Waals surface area (Å²) in [5.41, 5.74) is 0. The van der Waals surface area contributed by atoms with Gasteiger partial charge >= 0.3 is 0 Å². The Labute approximate surface area is 92.2 Å². The first-order valence-corrected chi connectivity index (χ1v) is 6.86. The zero-order valence-corrected chi connectivity index (χ0v) is 10.2. The van der Waals surface area contributed by atoms with Crippen LogP contribution in [0.15, 0.2) is 0 Å². The van der Waals surface area contributed by atoms with Gasteiger partial charge in [0.2, 0.25) is 0 Å². The molecule has 0 aromatic carbocycles. The van der Waals surface area contributed by atoms with Crippen molar-refractivity contribution in [3.63, 3.8) is 0 Å². The quantitative estimate of drug-likeness (QED) is 0.661. The molecule has 0 aliphatic heterocycles. The van der Waals surface area contributed by atoms with E-state index in [4.69, 9.17) is 4.74 Å². The van der Waals surface area contributed by atoms with Gasteiger partial charge in [0.05, 0.1) is 6.10 Å². The largest absolute Gasteiger partial charge is 0.381 e. The van der Waals surface area contributed by atoms with E-state index in [1.54, 1.807) is 0 Å². The zero-order valence-electron chi connectivity index (χ0n) is 9.42. The maximum absolute atomic E-state index is 5.34. The second kappa shape index (κ2) is 7.55. The van der Waals surface area contributed by atoms with Crippen molar-refractivity contribution in [1.29, 1.82) is 0 Å². The van der Waals surface area contributed by atoms with Crippen molar-refractivity contribution >= 4 is 11.8 Å². The van der Waals surface area contributed by atoms with E-state index >= 15 is 0 Å². The maximum Gasteiger partial charge on any atom is 0.0586 e. The van der Waals surface area contributed by atoms with Gasteiger partial charge in [0.1, 0.15) is 0 Å². The molecule has 84 valence electrons. The molecule has 0 radical (unpaired) electrons. The first-order valence-electron chi connectivity index (χ1n) is 5.70. The smallest absolute Gasteiger partial charge is 0.0586 e. The number of hydrogen-bond donors (Lipinski definition) is 1. The fourth-order valence-corrected chi connectivity index (χ4v) is 2.60. The lowest BCUT2D eigenvalue weighted by Crippen LogP contribution is -2.28. The Balaban J connectivity index is 1.92. The number of methoxy groups -OCH3 is 1. The number of ether oxygens (including phenoxy) is 1. The van der Waals surface area contributed by atoms with E-state index in [2.05, 4.69) is 12.2 Å². The normalized spacial score (nSPS) is 27.0. The second-order valence-electron chi connectivity index (χ2n) is 3.87. The monoisotopic (exact) mass is 217 g/mol. The molecule has 0 aromatic rings. The van der Waals surface area contributed by atoms with Crippen molar-refractivity contribution in [2.45, 2.75) is 44.8 Å². The van der Waals surface area contributed by atoms with E-state index in [0.29, 0.717) is 12.1 Å². The molecule has 0 heterocycles. The Morgan fingerprint density at radius 3 is 2.93 bits per heavy atom. The zero-order chi connectivity index (χ0) is 10.2. The highest BCUT2D eigenvalue weighted by Crippen LogP contribution is 2.21. The average Bonchev–Trinajstić information content (AvgIpc) is 2.65. The molecule has 2 nitrogen and oxygen atoms in total. The molecule has 3 heteroatoms. The predicted octanol–water partition coefficient (Wildman–Crippen LogP) is 2.29. The molecule has 2 unspecified atom stereocenters. The minimum Gasteiger partial charge on any atom is -0.381 e. The highest BCUT2D eigenvalue weighted by atomic mass is 32.2. The lowest BCUT2D eigenvalue weighted by molar-refractivity contribution is 0.107. The topological polar surface area (TPSA) is 21.3 Å². The SMILES string of the molecule is CCSCCCNC1CCC(OC)C1. The van der Waals surface area contributed by atoms with Crippen molar-refractivity contribution in [3.05, 3.63) is 0 Å². The molecule has 1 rings (SSSR count). The van der Waals surface area contributed by atoms with E-state index in [9.17, 15) is 0 Å². The summed E-state index contributed by atoms with van der Waals surface area (Å²) >= 11 is 2.03. The fourth-order valence-electron chi connectivity index (χ4n) is 1.96. The van der Waals surface area contributed by atoms with Gasteiger partial charge in [-0.3, -0.25) is 0 Å². The van der Waals surface area contributed by atoms with Crippen LogP contribution in [0.25, 0.3) is 0 Å². The van der Waals surface area contributed by atoms with E-state index in [1.807, 2.05) is 18.9 Å². The van der Waals surface area contributed by atoms with Crippen LogP contribution < -0.4 is 5.32 Å². The Morgan fingerprint density at radius 2 is 2.29 bits per heavy atom. The van der Waals surface area contributed by atoms with Gasteiger partial charge in [-0.05, 0) is 43.7 Å².